The maximum Gasteiger partial charge on any atom is 0.255 e. The first-order valence-corrected chi connectivity index (χ1v) is 5.90. The molecule has 0 spiro atoms. The molecule has 0 aliphatic heterocycles. The molecule has 2 aromatic heterocycles. The quantitative estimate of drug-likeness (QED) is 0.893. The van der Waals surface area contributed by atoms with Crippen molar-refractivity contribution in [1.82, 2.24) is 15.5 Å². The van der Waals surface area contributed by atoms with Gasteiger partial charge >= 0.3 is 0 Å². The largest absolute Gasteiger partial charge is 0.472 e. The van der Waals surface area contributed by atoms with E-state index < -0.39 is 0 Å². The van der Waals surface area contributed by atoms with Gasteiger partial charge in [0, 0.05) is 5.92 Å². The molecule has 2 aromatic rings. The Morgan fingerprint density at radius 2 is 2.39 bits per heavy atom. The zero-order valence-corrected chi connectivity index (χ0v) is 9.92. The maximum absolute atomic E-state index is 11.8. The standard InChI is InChI=1S/C12H13N3O3/c1-7(13-11(16)9-4-5-17-6-9)12-14-10(15-18-12)8-2-3-8/h4-8H,2-3H2,1H3,(H,13,16)/t7-/m1/s1. The lowest BCUT2D eigenvalue weighted by Crippen LogP contribution is -2.26. The molecular formula is C12H13N3O3. The fourth-order valence-corrected chi connectivity index (χ4v) is 1.67. The van der Waals surface area contributed by atoms with E-state index in [0.29, 0.717) is 17.4 Å². The minimum Gasteiger partial charge on any atom is -0.472 e. The maximum atomic E-state index is 11.8. The fourth-order valence-electron chi connectivity index (χ4n) is 1.67. The van der Waals surface area contributed by atoms with Crippen LogP contribution in [0.4, 0.5) is 0 Å². The van der Waals surface area contributed by atoms with Gasteiger partial charge in [-0.1, -0.05) is 5.16 Å². The second-order valence-corrected chi connectivity index (χ2v) is 4.47. The molecule has 1 fully saturated rings. The third-order valence-corrected chi connectivity index (χ3v) is 2.90. The summed E-state index contributed by atoms with van der Waals surface area (Å²) in [5, 5.41) is 6.69. The topological polar surface area (TPSA) is 81.2 Å². The molecule has 1 aliphatic rings. The van der Waals surface area contributed by atoms with Gasteiger partial charge in [0.15, 0.2) is 5.82 Å². The first kappa shape index (κ1) is 11.0. The van der Waals surface area contributed by atoms with Crippen molar-refractivity contribution in [2.75, 3.05) is 0 Å². The van der Waals surface area contributed by atoms with Crippen LogP contribution in [0.3, 0.4) is 0 Å². The van der Waals surface area contributed by atoms with E-state index in [2.05, 4.69) is 15.5 Å². The number of carbonyl (C=O) groups is 1. The van der Waals surface area contributed by atoms with Crippen LogP contribution in [0.25, 0.3) is 0 Å². The number of nitrogens with zero attached hydrogens (tertiary/aromatic N) is 2. The molecule has 0 aromatic carbocycles. The summed E-state index contributed by atoms with van der Waals surface area (Å²) >= 11 is 0. The molecule has 0 bridgehead atoms. The van der Waals surface area contributed by atoms with E-state index in [0.717, 1.165) is 18.7 Å². The molecule has 3 rings (SSSR count). The second kappa shape index (κ2) is 4.29. The van der Waals surface area contributed by atoms with E-state index in [-0.39, 0.29) is 11.9 Å². The summed E-state index contributed by atoms with van der Waals surface area (Å²) < 4.78 is 10.0. The number of rotatable bonds is 4. The van der Waals surface area contributed by atoms with Crippen LogP contribution in [-0.4, -0.2) is 16.0 Å². The third-order valence-electron chi connectivity index (χ3n) is 2.90. The van der Waals surface area contributed by atoms with Crippen molar-refractivity contribution in [3.05, 3.63) is 35.9 Å². The highest BCUT2D eigenvalue weighted by molar-refractivity contribution is 5.93. The fraction of sp³-hybridized carbons (Fsp3) is 0.417. The van der Waals surface area contributed by atoms with Crippen LogP contribution in [0.1, 0.15) is 53.8 Å². The van der Waals surface area contributed by atoms with Crippen LogP contribution in [0.5, 0.6) is 0 Å². The summed E-state index contributed by atoms with van der Waals surface area (Å²) in [5.41, 5.74) is 0.476. The molecule has 2 heterocycles. The minimum absolute atomic E-state index is 0.220. The molecule has 0 radical (unpaired) electrons. The van der Waals surface area contributed by atoms with Crippen LogP contribution in [0, 0.1) is 0 Å². The Morgan fingerprint density at radius 3 is 3.06 bits per heavy atom. The Morgan fingerprint density at radius 1 is 1.56 bits per heavy atom. The third kappa shape index (κ3) is 2.13. The summed E-state index contributed by atoms with van der Waals surface area (Å²) in [6.07, 6.45) is 5.09. The smallest absolute Gasteiger partial charge is 0.255 e. The Kier molecular flexibility index (Phi) is 2.62. The average molecular weight is 247 g/mol. The molecule has 0 unspecified atom stereocenters. The van der Waals surface area contributed by atoms with Crippen molar-refractivity contribution in [1.29, 1.82) is 0 Å². The van der Waals surface area contributed by atoms with E-state index in [1.165, 1.54) is 12.5 Å². The van der Waals surface area contributed by atoms with Crippen LogP contribution in [0.15, 0.2) is 27.5 Å². The van der Waals surface area contributed by atoms with E-state index in [9.17, 15) is 4.79 Å². The lowest BCUT2D eigenvalue weighted by atomic mass is 10.2. The molecule has 1 amide bonds. The van der Waals surface area contributed by atoms with Gasteiger partial charge in [0.25, 0.3) is 5.91 Å². The second-order valence-electron chi connectivity index (χ2n) is 4.47. The molecule has 6 nitrogen and oxygen atoms in total. The van der Waals surface area contributed by atoms with Crippen molar-refractivity contribution in [3.63, 3.8) is 0 Å². The minimum atomic E-state index is -0.313. The molecule has 6 heteroatoms. The zero-order valence-electron chi connectivity index (χ0n) is 9.92. The van der Waals surface area contributed by atoms with Crippen molar-refractivity contribution >= 4 is 5.91 Å². The van der Waals surface area contributed by atoms with Gasteiger partial charge in [-0.15, -0.1) is 0 Å². The van der Waals surface area contributed by atoms with E-state index in [1.54, 1.807) is 6.07 Å². The van der Waals surface area contributed by atoms with E-state index in [4.69, 9.17) is 8.94 Å². The van der Waals surface area contributed by atoms with Gasteiger partial charge in [-0.3, -0.25) is 4.79 Å². The first-order valence-electron chi connectivity index (χ1n) is 5.90. The lowest BCUT2D eigenvalue weighted by Gasteiger charge is -2.07. The van der Waals surface area contributed by atoms with Gasteiger partial charge in [0.2, 0.25) is 5.89 Å². The highest BCUT2D eigenvalue weighted by Crippen LogP contribution is 2.38. The predicted octanol–water partition coefficient (Wildman–Crippen LogP) is 2.03. The van der Waals surface area contributed by atoms with Gasteiger partial charge in [0.1, 0.15) is 12.3 Å². The number of carbonyl (C=O) groups excluding carboxylic acids is 1. The van der Waals surface area contributed by atoms with Crippen LogP contribution in [-0.2, 0) is 0 Å². The van der Waals surface area contributed by atoms with Crippen LogP contribution in [0.2, 0.25) is 0 Å². The van der Waals surface area contributed by atoms with Crippen molar-refractivity contribution < 1.29 is 13.7 Å². The molecular weight excluding hydrogens is 234 g/mol. The van der Waals surface area contributed by atoms with Gasteiger partial charge < -0.3 is 14.3 Å². The highest BCUT2D eigenvalue weighted by Gasteiger charge is 2.29. The van der Waals surface area contributed by atoms with Crippen molar-refractivity contribution in [2.45, 2.75) is 31.7 Å². The number of hydrogen-bond acceptors (Lipinski definition) is 5. The van der Waals surface area contributed by atoms with Gasteiger partial charge in [-0.25, -0.2) is 0 Å². The molecule has 1 N–H and O–H groups in total. The van der Waals surface area contributed by atoms with Gasteiger partial charge in [-0.05, 0) is 25.8 Å². The summed E-state index contributed by atoms with van der Waals surface area (Å²) in [5.74, 6) is 1.41. The Labute approximate surface area is 103 Å². The Balaban J connectivity index is 1.66. The van der Waals surface area contributed by atoms with Crippen molar-refractivity contribution in [3.8, 4) is 0 Å². The number of hydrogen-bond donors (Lipinski definition) is 1. The molecule has 0 saturated heterocycles. The van der Waals surface area contributed by atoms with Crippen LogP contribution < -0.4 is 5.32 Å². The number of furan rings is 1. The monoisotopic (exact) mass is 247 g/mol. The van der Waals surface area contributed by atoms with E-state index in [1.807, 2.05) is 6.92 Å². The van der Waals surface area contributed by atoms with Gasteiger partial charge in [-0.2, -0.15) is 4.98 Å². The SMILES string of the molecule is C[C@@H](NC(=O)c1ccoc1)c1nc(C2CC2)no1. The predicted molar refractivity (Wildman–Crippen MR) is 60.9 cm³/mol. The Bertz CT molecular complexity index is 543. The summed E-state index contributed by atoms with van der Waals surface area (Å²) in [6.45, 7) is 1.81. The highest BCUT2D eigenvalue weighted by atomic mass is 16.5. The summed E-state index contributed by atoms with van der Waals surface area (Å²) in [7, 11) is 0. The zero-order chi connectivity index (χ0) is 12.5. The molecule has 1 saturated carbocycles. The molecule has 1 aliphatic carbocycles. The number of nitrogens with one attached hydrogen (secondary N) is 1. The summed E-state index contributed by atoms with van der Waals surface area (Å²) in [6, 6.07) is 1.29. The molecule has 18 heavy (non-hydrogen) atoms. The summed E-state index contributed by atoms with van der Waals surface area (Å²) in [4.78, 5) is 16.1. The number of amides is 1. The average Bonchev–Trinajstić information content (AvgIpc) is 2.91. The molecule has 94 valence electrons. The Hall–Kier alpha value is -2.11. The normalized spacial score (nSPS) is 16.5. The van der Waals surface area contributed by atoms with Gasteiger partial charge in [0.05, 0.1) is 11.8 Å². The number of aromatic nitrogens is 2. The first-order chi connectivity index (χ1) is 8.74. The van der Waals surface area contributed by atoms with Crippen LogP contribution >= 0.6 is 0 Å². The lowest BCUT2D eigenvalue weighted by molar-refractivity contribution is 0.0932. The molecule has 1 atom stereocenters. The van der Waals surface area contributed by atoms with E-state index >= 15 is 0 Å². The van der Waals surface area contributed by atoms with Crippen molar-refractivity contribution in [2.24, 2.45) is 0 Å².